The average Bonchev–Trinajstić information content (AvgIpc) is 3.91. The summed E-state index contributed by atoms with van der Waals surface area (Å²) < 4.78 is 22.9. The number of halogens is 1. The van der Waals surface area contributed by atoms with Gasteiger partial charge in [0.05, 0.1) is 16.8 Å². The van der Waals surface area contributed by atoms with E-state index in [0.29, 0.717) is 60.8 Å². The lowest BCUT2D eigenvalue weighted by molar-refractivity contribution is 0.0694. The Morgan fingerprint density at radius 1 is 0.957 bits per heavy atom. The van der Waals surface area contributed by atoms with E-state index in [1.165, 1.54) is 12.3 Å². The van der Waals surface area contributed by atoms with Crippen LogP contribution in [0.4, 0.5) is 10.1 Å². The third kappa shape index (κ3) is 5.89. The van der Waals surface area contributed by atoms with E-state index >= 15 is 4.39 Å². The van der Waals surface area contributed by atoms with Gasteiger partial charge in [0.1, 0.15) is 29.3 Å². The van der Waals surface area contributed by atoms with Crippen LogP contribution in [0.1, 0.15) is 40.4 Å². The molecule has 10 nitrogen and oxygen atoms in total. The molecule has 234 valence electrons. The molecule has 3 heterocycles. The molecule has 5 aromatic rings. The van der Waals surface area contributed by atoms with Gasteiger partial charge in [0.25, 0.3) is 0 Å². The third-order valence-electron chi connectivity index (χ3n) is 8.56. The average molecular weight is 623 g/mol. The zero-order valence-corrected chi connectivity index (χ0v) is 24.9. The number of anilines is 1. The Labute approximate surface area is 262 Å². The molecule has 46 heavy (non-hydrogen) atoms. The first kappa shape index (κ1) is 29.4. The summed E-state index contributed by atoms with van der Waals surface area (Å²) in [5, 5.41) is 14.8. The van der Waals surface area contributed by atoms with Crippen LogP contribution in [0.2, 0.25) is 0 Å². The van der Waals surface area contributed by atoms with E-state index in [-0.39, 0.29) is 23.6 Å². The molecule has 0 bridgehead atoms. The van der Waals surface area contributed by atoms with Gasteiger partial charge in [0.2, 0.25) is 5.43 Å². The fourth-order valence-electron chi connectivity index (χ4n) is 5.95. The molecule has 7 rings (SSSR count). The highest BCUT2D eigenvalue weighted by Crippen LogP contribution is 2.38. The number of hydrogen-bond acceptors (Lipinski definition) is 8. The van der Waals surface area contributed by atoms with Crippen molar-refractivity contribution in [2.45, 2.75) is 25.5 Å². The fraction of sp³-hybridized carbons (Fsp3) is 0.257. The number of fused-ring (bicyclic) bond motifs is 2. The van der Waals surface area contributed by atoms with Crippen molar-refractivity contribution in [2.75, 3.05) is 37.6 Å². The van der Waals surface area contributed by atoms with Gasteiger partial charge in [-0.15, -0.1) is 0 Å². The maximum absolute atomic E-state index is 15.5. The van der Waals surface area contributed by atoms with E-state index in [4.69, 9.17) is 9.25 Å². The van der Waals surface area contributed by atoms with Crippen LogP contribution in [-0.4, -0.2) is 59.0 Å². The molecule has 2 aliphatic rings. The lowest BCUT2D eigenvalue weighted by atomic mass is 10.1. The van der Waals surface area contributed by atoms with E-state index in [1.807, 2.05) is 47.4 Å². The van der Waals surface area contributed by atoms with Crippen LogP contribution < -0.4 is 16.0 Å². The smallest absolute Gasteiger partial charge is 0.345 e. The number of carbonyl (C=O) groups is 1. The summed E-state index contributed by atoms with van der Waals surface area (Å²) in [5.41, 5.74) is 1.51. The zero-order valence-electron chi connectivity index (χ0n) is 24.9. The van der Waals surface area contributed by atoms with E-state index in [0.717, 1.165) is 23.8 Å². The molecule has 1 N–H and O–H groups in total. The molecule has 2 aromatic heterocycles. The lowest BCUT2D eigenvalue weighted by Gasteiger charge is -2.36. The molecule has 0 radical (unpaired) electrons. The van der Waals surface area contributed by atoms with Gasteiger partial charge in [-0.05, 0) is 42.7 Å². The van der Waals surface area contributed by atoms with E-state index in [1.54, 1.807) is 28.8 Å². The molecule has 1 aliphatic heterocycles. The van der Waals surface area contributed by atoms with Crippen molar-refractivity contribution in [3.63, 3.8) is 0 Å². The fourth-order valence-corrected chi connectivity index (χ4v) is 5.95. The third-order valence-corrected chi connectivity index (χ3v) is 8.56. The number of oxime groups is 1. The molecular formula is C35H31FN4O6. The number of nitrogens with zero attached hydrogens (tertiary/aromatic N) is 4. The van der Waals surface area contributed by atoms with Gasteiger partial charge in [-0.1, -0.05) is 53.7 Å². The largest absolute Gasteiger partial charge is 0.477 e. The van der Waals surface area contributed by atoms with E-state index < -0.39 is 22.8 Å². The van der Waals surface area contributed by atoms with Gasteiger partial charge in [-0.2, -0.15) is 0 Å². The normalized spacial score (nSPS) is 15.8. The summed E-state index contributed by atoms with van der Waals surface area (Å²) in [4.78, 5) is 47.4. The predicted octanol–water partition coefficient (Wildman–Crippen LogP) is 5.02. The minimum absolute atomic E-state index is 0.0669. The number of para-hydroxylation sites is 1. The summed E-state index contributed by atoms with van der Waals surface area (Å²) in [5.74, 6) is -1.90. The topological polar surface area (TPSA) is 118 Å². The number of aromatic nitrogens is 1. The van der Waals surface area contributed by atoms with Gasteiger partial charge < -0.3 is 23.8 Å². The second-order valence-corrected chi connectivity index (χ2v) is 11.7. The minimum atomic E-state index is -1.32. The van der Waals surface area contributed by atoms with E-state index in [2.05, 4.69) is 10.1 Å². The van der Waals surface area contributed by atoms with Crippen LogP contribution >= 0.6 is 0 Å². The Morgan fingerprint density at radius 2 is 1.70 bits per heavy atom. The molecule has 11 heteroatoms. The van der Waals surface area contributed by atoms with Crippen molar-refractivity contribution in [3.05, 3.63) is 122 Å². The van der Waals surface area contributed by atoms with Crippen LogP contribution in [0, 0.1) is 5.82 Å². The monoisotopic (exact) mass is 622 g/mol. The first-order valence-corrected chi connectivity index (χ1v) is 15.2. The number of piperazine rings is 1. The Morgan fingerprint density at radius 3 is 2.43 bits per heavy atom. The van der Waals surface area contributed by atoms with Gasteiger partial charge in [-0.3, -0.25) is 9.69 Å². The van der Waals surface area contributed by atoms with Gasteiger partial charge >= 0.3 is 11.6 Å². The number of aromatic carboxylic acids is 1. The highest BCUT2D eigenvalue weighted by atomic mass is 19.1. The Bertz CT molecular complexity index is 2100. The van der Waals surface area contributed by atoms with Crippen molar-refractivity contribution < 1.29 is 23.5 Å². The van der Waals surface area contributed by atoms with Crippen LogP contribution in [0.5, 0.6) is 0 Å². The number of pyridine rings is 1. The summed E-state index contributed by atoms with van der Waals surface area (Å²) in [7, 11) is 0. The van der Waals surface area contributed by atoms with Gasteiger partial charge in [0, 0.05) is 55.7 Å². The van der Waals surface area contributed by atoms with Crippen LogP contribution in [0.25, 0.3) is 21.9 Å². The van der Waals surface area contributed by atoms with Crippen molar-refractivity contribution >= 4 is 39.2 Å². The minimum Gasteiger partial charge on any atom is -0.477 e. The maximum Gasteiger partial charge on any atom is 0.345 e. The zero-order chi connectivity index (χ0) is 31.8. The molecule has 0 amide bonds. The van der Waals surface area contributed by atoms with Crippen LogP contribution in [0.3, 0.4) is 0 Å². The van der Waals surface area contributed by atoms with Crippen LogP contribution in [0.15, 0.2) is 98.2 Å². The molecule has 0 spiro atoms. The standard InChI is InChI=1S/C35H31FN4O6/c36-28-17-26-30(40(24-10-11-24)19-27(33(26)41)34(42)43)18-31(28)39-14-12-38(13-15-39)20-29(37-45-21-22-6-2-1-3-7-22)25-16-23-8-4-5-9-32(23)46-35(25)44/h1-9,16-19,24H,10-15,20-21H2,(H,42,43)/b37-29-. The Balaban J connectivity index is 1.13. The Hall–Kier alpha value is -5.29. The lowest BCUT2D eigenvalue weighted by Crippen LogP contribution is -2.48. The summed E-state index contributed by atoms with van der Waals surface area (Å²) >= 11 is 0. The summed E-state index contributed by atoms with van der Waals surface area (Å²) in [6.07, 6.45) is 3.13. The number of carboxylic acids is 1. The first-order valence-electron chi connectivity index (χ1n) is 15.2. The van der Waals surface area contributed by atoms with Crippen LogP contribution in [-0.2, 0) is 11.4 Å². The summed E-state index contributed by atoms with van der Waals surface area (Å²) in [6.45, 7) is 2.59. The van der Waals surface area contributed by atoms with Crippen molar-refractivity contribution in [1.82, 2.24) is 9.47 Å². The number of carboxylic acid groups (broad SMARTS) is 1. The summed E-state index contributed by atoms with van der Waals surface area (Å²) in [6, 6.07) is 21.6. The van der Waals surface area contributed by atoms with Crippen molar-refractivity contribution in [3.8, 4) is 0 Å². The highest BCUT2D eigenvalue weighted by Gasteiger charge is 2.29. The molecule has 0 unspecified atom stereocenters. The molecule has 1 saturated carbocycles. The van der Waals surface area contributed by atoms with Crippen molar-refractivity contribution in [2.24, 2.45) is 5.16 Å². The molecule has 3 aromatic carbocycles. The van der Waals surface area contributed by atoms with Gasteiger partial charge in [-0.25, -0.2) is 14.0 Å². The molecule has 0 atom stereocenters. The quantitative estimate of drug-likeness (QED) is 0.138. The second kappa shape index (κ2) is 12.2. The predicted molar refractivity (Wildman–Crippen MR) is 172 cm³/mol. The maximum atomic E-state index is 15.5. The first-order chi connectivity index (χ1) is 22.4. The molecule has 1 saturated heterocycles. The molecule has 2 fully saturated rings. The second-order valence-electron chi connectivity index (χ2n) is 11.7. The molecular weight excluding hydrogens is 591 g/mol. The van der Waals surface area contributed by atoms with Gasteiger partial charge in [0.15, 0.2) is 0 Å². The molecule has 1 aliphatic carbocycles. The highest BCUT2D eigenvalue weighted by molar-refractivity contribution is 6.03. The Kier molecular flexibility index (Phi) is 7.83. The van der Waals surface area contributed by atoms with E-state index in [9.17, 15) is 19.5 Å². The number of rotatable bonds is 9. The SMILES string of the molecule is O=C(O)c1cn(C2CC2)c2cc(N3CCN(C/C(=N/OCc4ccccc4)c4cc5ccccc5oc4=O)CC3)c(F)cc2c1=O. The van der Waals surface area contributed by atoms with Crippen molar-refractivity contribution in [1.29, 1.82) is 0 Å². The number of hydrogen-bond donors (Lipinski definition) is 1. The number of benzene rings is 3.